The van der Waals surface area contributed by atoms with Gasteiger partial charge in [-0.1, -0.05) is 6.92 Å². The quantitative estimate of drug-likeness (QED) is 0.548. The first-order valence-corrected chi connectivity index (χ1v) is 6.50. The molecule has 2 saturated heterocycles. The maximum atomic E-state index is 5.75. The number of hydrazine groups is 1. The van der Waals surface area contributed by atoms with Gasteiger partial charge in [-0.25, -0.2) is 0 Å². The summed E-state index contributed by atoms with van der Waals surface area (Å²) in [6.45, 7) is 4.06. The molecule has 4 nitrogen and oxygen atoms in total. The van der Waals surface area contributed by atoms with E-state index in [1.807, 2.05) is 0 Å². The zero-order chi connectivity index (χ0) is 11.4. The van der Waals surface area contributed by atoms with Gasteiger partial charge in [-0.05, 0) is 38.0 Å². The molecule has 0 bridgehead atoms. The predicted octanol–water partition coefficient (Wildman–Crippen LogP) is 1.20. The summed E-state index contributed by atoms with van der Waals surface area (Å²) in [7, 11) is 0. The molecule has 4 heteroatoms. The van der Waals surface area contributed by atoms with Gasteiger partial charge in [-0.15, -0.1) is 0 Å². The van der Waals surface area contributed by atoms with Crippen molar-refractivity contribution in [1.82, 2.24) is 5.43 Å². The molecular formula is C12H24N2O2. The van der Waals surface area contributed by atoms with Gasteiger partial charge in [-0.2, -0.15) is 0 Å². The van der Waals surface area contributed by atoms with E-state index in [-0.39, 0.29) is 12.1 Å². The second kappa shape index (κ2) is 5.96. The lowest BCUT2D eigenvalue weighted by Crippen LogP contribution is -2.46. The second-order valence-electron chi connectivity index (χ2n) is 5.09. The van der Waals surface area contributed by atoms with Crippen molar-refractivity contribution in [2.75, 3.05) is 13.2 Å². The summed E-state index contributed by atoms with van der Waals surface area (Å²) < 4.78 is 11.4. The van der Waals surface area contributed by atoms with Gasteiger partial charge in [0.2, 0.25) is 0 Å². The standard InChI is InChI=1S/C12H24N2O2/c1-9-6-8-16-12(9)11(14-13)5-4-10-3-2-7-15-10/h9-12,14H,2-8,13H2,1H3. The third-order valence-corrected chi connectivity index (χ3v) is 3.88. The highest BCUT2D eigenvalue weighted by Crippen LogP contribution is 2.26. The zero-order valence-corrected chi connectivity index (χ0v) is 10.2. The minimum absolute atomic E-state index is 0.279. The number of nitrogens with two attached hydrogens (primary N) is 1. The predicted molar refractivity (Wildman–Crippen MR) is 62.8 cm³/mol. The van der Waals surface area contributed by atoms with Crippen LogP contribution < -0.4 is 11.3 Å². The molecule has 0 amide bonds. The Morgan fingerprint density at radius 2 is 2.19 bits per heavy atom. The van der Waals surface area contributed by atoms with Gasteiger partial charge < -0.3 is 9.47 Å². The zero-order valence-electron chi connectivity index (χ0n) is 10.2. The molecule has 2 fully saturated rings. The fourth-order valence-corrected chi connectivity index (χ4v) is 2.81. The van der Waals surface area contributed by atoms with Gasteiger partial charge in [0, 0.05) is 19.3 Å². The first kappa shape index (κ1) is 12.3. The lowest BCUT2D eigenvalue weighted by molar-refractivity contribution is 0.0470. The van der Waals surface area contributed by atoms with E-state index in [9.17, 15) is 0 Å². The Bertz CT molecular complexity index is 207. The molecule has 2 aliphatic rings. The topological polar surface area (TPSA) is 56.5 Å². The molecule has 0 aliphatic carbocycles. The Labute approximate surface area is 97.8 Å². The van der Waals surface area contributed by atoms with E-state index < -0.39 is 0 Å². The van der Waals surface area contributed by atoms with Crippen LogP contribution in [0.25, 0.3) is 0 Å². The molecule has 2 rings (SSSR count). The maximum Gasteiger partial charge on any atom is 0.0767 e. The van der Waals surface area contributed by atoms with Crippen LogP contribution in [0.15, 0.2) is 0 Å². The van der Waals surface area contributed by atoms with Gasteiger partial charge in [0.15, 0.2) is 0 Å². The third kappa shape index (κ3) is 2.94. The van der Waals surface area contributed by atoms with Crippen LogP contribution in [0.3, 0.4) is 0 Å². The van der Waals surface area contributed by atoms with Gasteiger partial charge >= 0.3 is 0 Å². The van der Waals surface area contributed by atoms with Crippen molar-refractivity contribution in [1.29, 1.82) is 0 Å². The Morgan fingerprint density at radius 1 is 1.31 bits per heavy atom. The summed E-state index contributed by atoms with van der Waals surface area (Å²) in [6, 6.07) is 0.279. The molecule has 2 aliphatic heterocycles. The lowest BCUT2D eigenvalue weighted by atomic mass is 9.94. The molecule has 0 aromatic carbocycles. The Hall–Kier alpha value is -0.160. The fraction of sp³-hybridized carbons (Fsp3) is 1.00. The molecule has 0 saturated carbocycles. The first-order valence-electron chi connectivity index (χ1n) is 6.50. The van der Waals surface area contributed by atoms with Gasteiger partial charge in [0.1, 0.15) is 0 Å². The highest BCUT2D eigenvalue weighted by atomic mass is 16.5. The van der Waals surface area contributed by atoms with Crippen LogP contribution >= 0.6 is 0 Å². The van der Waals surface area contributed by atoms with Crippen LogP contribution in [0.2, 0.25) is 0 Å². The Balaban J connectivity index is 1.75. The molecule has 0 aromatic rings. The number of hydrogen-bond donors (Lipinski definition) is 2. The van der Waals surface area contributed by atoms with Crippen molar-refractivity contribution in [3.8, 4) is 0 Å². The lowest BCUT2D eigenvalue weighted by Gasteiger charge is -2.26. The summed E-state index contributed by atoms with van der Waals surface area (Å²) >= 11 is 0. The third-order valence-electron chi connectivity index (χ3n) is 3.88. The summed E-state index contributed by atoms with van der Waals surface area (Å²) in [5.74, 6) is 6.24. The van der Waals surface area contributed by atoms with Crippen molar-refractivity contribution >= 4 is 0 Å². The van der Waals surface area contributed by atoms with E-state index in [2.05, 4.69) is 12.3 Å². The second-order valence-corrected chi connectivity index (χ2v) is 5.09. The van der Waals surface area contributed by atoms with Crippen LogP contribution in [0.4, 0.5) is 0 Å². The average molecular weight is 228 g/mol. The molecule has 3 N–H and O–H groups in total. The molecule has 2 heterocycles. The van der Waals surface area contributed by atoms with Crippen molar-refractivity contribution in [3.05, 3.63) is 0 Å². The van der Waals surface area contributed by atoms with Gasteiger partial charge in [-0.3, -0.25) is 11.3 Å². The monoisotopic (exact) mass is 228 g/mol. The summed E-state index contributed by atoms with van der Waals surface area (Å²) in [6.07, 6.45) is 6.46. The van der Waals surface area contributed by atoms with Crippen LogP contribution in [0.1, 0.15) is 39.0 Å². The van der Waals surface area contributed by atoms with E-state index in [1.54, 1.807) is 0 Å². The number of rotatable bonds is 5. The summed E-state index contributed by atoms with van der Waals surface area (Å²) in [5.41, 5.74) is 2.92. The molecule has 0 radical (unpaired) electrons. The number of hydrogen-bond acceptors (Lipinski definition) is 4. The minimum atomic E-state index is 0.279. The van der Waals surface area contributed by atoms with E-state index in [4.69, 9.17) is 15.3 Å². The van der Waals surface area contributed by atoms with E-state index in [1.165, 1.54) is 12.8 Å². The first-order chi connectivity index (χ1) is 7.81. The van der Waals surface area contributed by atoms with Gasteiger partial charge in [0.25, 0.3) is 0 Å². The molecule has 16 heavy (non-hydrogen) atoms. The van der Waals surface area contributed by atoms with Crippen molar-refractivity contribution in [2.24, 2.45) is 11.8 Å². The molecule has 4 unspecified atom stereocenters. The van der Waals surface area contributed by atoms with Crippen LogP contribution in [0.5, 0.6) is 0 Å². The van der Waals surface area contributed by atoms with Crippen LogP contribution in [0, 0.1) is 5.92 Å². The number of ether oxygens (including phenoxy) is 2. The maximum absolute atomic E-state index is 5.75. The van der Waals surface area contributed by atoms with Crippen molar-refractivity contribution in [2.45, 2.75) is 57.3 Å². The average Bonchev–Trinajstić information content (AvgIpc) is 2.92. The van der Waals surface area contributed by atoms with E-state index in [0.29, 0.717) is 12.0 Å². The molecular weight excluding hydrogens is 204 g/mol. The van der Waals surface area contributed by atoms with Crippen molar-refractivity contribution < 1.29 is 9.47 Å². The molecule has 0 spiro atoms. The van der Waals surface area contributed by atoms with E-state index >= 15 is 0 Å². The Kier molecular flexibility index (Phi) is 4.58. The van der Waals surface area contributed by atoms with Crippen LogP contribution in [-0.4, -0.2) is 31.5 Å². The van der Waals surface area contributed by atoms with Crippen molar-refractivity contribution in [3.63, 3.8) is 0 Å². The smallest absolute Gasteiger partial charge is 0.0767 e. The summed E-state index contributed by atoms with van der Waals surface area (Å²) in [4.78, 5) is 0. The molecule has 0 aromatic heterocycles. The summed E-state index contributed by atoms with van der Waals surface area (Å²) in [5, 5.41) is 0. The SMILES string of the molecule is CC1CCOC1C(CCC1CCCO1)NN. The van der Waals surface area contributed by atoms with Gasteiger partial charge in [0.05, 0.1) is 12.2 Å². The number of nitrogens with one attached hydrogen (secondary N) is 1. The highest BCUT2D eigenvalue weighted by Gasteiger charge is 2.32. The highest BCUT2D eigenvalue weighted by molar-refractivity contribution is 4.84. The normalized spacial score (nSPS) is 36.8. The van der Waals surface area contributed by atoms with E-state index in [0.717, 1.165) is 32.5 Å². The molecule has 4 atom stereocenters. The largest absolute Gasteiger partial charge is 0.378 e. The fourth-order valence-electron chi connectivity index (χ4n) is 2.81. The Morgan fingerprint density at radius 3 is 2.75 bits per heavy atom. The molecule has 94 valence electrons. The van der Waals surface area contributed by atoms with Crippen LogP contribution in [-0.2, 0) is 9.47 Å². The minimum Gasteiger partial charge on any atom is -0.378 e.